The summed E-state index contributed by atoms with van der Waals surface area (Å²) in [6, 6.07) is 0.607. The van der Waals surface area contributed by atoms with Crippen LogP contribution < -0.4 is 0 Å². The average molecular weight is 226 g/mol. The summed E-state index contributed by atoms with van der Waals surface area (Å²) in [7, 11) is -1.35. The smallest absolute Gasteiger partial charge is 0.157 e. The molecule has 0 aliphatic carbocycles. The molecule has 1 aliphatic heterocycles. The van der Waals surface area contributed by atoms with E-state index in [-0.39, 0.29) is 0 Å². The molecule has 15 heavy (non-hydrogen) atoms. The number of hydrogen-bond donors (Lipinski definition) is 0. The van der Waals surface area contributed by atoms with Crippen LogP contribution in [0.4, 0.5) is 0 Å². The van der Waals surface area contributed by atoms with Crippen molar-refractivity contribution >= 4 is 8.24 Å². The lowest BCUT2D eigenvalue weighted by molar-refractivity contribution is 0.276. The summed E-state index contributed by atoms with van der Waals surface area (Å²) in [5.41, 5.74) is 0. The normalized spacial score (nSPS) is 18.1. The van der Waals surface area contributed by atoms with Crippen LogP contribution in [0.5, 0.6) is 0 Å². The van der Waals surface area contributed by atoms with Gasteiger partial charge in [-0.2, -0.15) is 0 Å². The van der Waals surface area contributed by atoms with Crippen LogP contribution in [0.3, 0.4) is 0 Å². The van der Waals surface area contributed by atoms with E-state index >= 15 is 0 Å². The minimum Gasteiger partial charge on any atom is -0.385 e. The molecule has 0 aromatic carbocycles. The highest BCUT2D eigenvalue weighted by Crippen LogP contribution is 2.39. The van der Waals surface area contributed by atoms with E-state index in [0.717, 1.165) is 6.67 Å². The second-order valence-corrected chi connectivity index (χ2v) is 11.5. The maximum absolute atomic E-state index is 2.58. The summed E-state index contributed by atoms with van der Waals surface area (Å²) in [6.45, 7) is 17.6. The minimum absolute atomic E-state index is 0.421. The summed E-state index contributed by atoms with van der Waals surface area (Å²) < 4.78 is 2.58. The molecule has 0 N–H and O–H groups in total. The molecule has 0 fully saturated rings. The van der Waals surface area contributed by atoms with Crippen molar-refractivity contribution in [2.24, 2.45) is 0 Å². The Morgan fingerprint density at radius 1 is 1.13 bits per heavy atom. The first-order valence-corrected chi connectivity index (χ1v) is 8.82. The third-order valence-corrected chi connectivity index (χ3v) is 9.37. The first kappa shape index (κ1) is 12.6. The molecule has 0 aromatic heterocycles. The highest BCUT2D eigenvalue weighted by Gasteiger charge is 2.41. The second-order valence-electron chi connectivity index (χ2n) is 6.33. The molecule has 0 atom stereocenters. The Hall–Kier alpha value is -0.443. The fraction of sp³-hybridized carbons (Fsp3) is 0.833. The summed E-state index contributed by atoms with van der Waals surface area (Å²) in [6.07, 6.45) is 4.53. The van der Waals surface area contributed by atoms with E-state index in [9.17, 15) is 0 Å². The zero-order valence-electron chi connectivity index (χ0n) is 11.3. The number of nitrogens with zero attached hydrogens (tertiary/aromatic N) is 2. The predicted octanol–water partition coefficient (Wildman–Crippen LogP) is 3.45. The number of hydrogen-bond acceptors (Lipinski definition) is 2. The Bertz CT molecular complexity index is 251. The van der Waals surface area contributed by atoms with Gasteiger partial charge in [-0.25, -0.2) is 0 Å². The topological polar surface area (TPSA) is 6.48 Å². The predicted molar refractivity (Wildman–Crippen MR) is 70.0 cm³/mol. The standard InChI is InChI=1S/C12H26N2Si/c1-11(2)13-8-9-14(10-13)15(6,7)12(3,4)5/h8-9,11H,10H2,1-7H3. The van der Waals surface area contributed by atoms with E-state index < -0.39 is 8.24 Å². The zero-order chi connectivity index (χ0) is 11.9. The molecule has 0 saturated carbocycles. The van der Waals surface area contributed by atoms with Gasteiger partial charge in [0.1, 0.15) is 0 Å². The van der Waals surface area contributed by atoms with Crippen molar-refractivity contribution in [1.29, 1.82) is 0 Å². The van der Waals surface area contributed by atoms with E-state index in [0.29, 0.717) is 11.1 Å². The average Bonchev–Trinajstić information content (AvgIpc) is 2.49. The van der Waals surface area contributed by atoms with E-state index in [1.54, 1.807) is 0 Å². The summed E-state index contributed by atoms with van der Waals surface area (Å²) in [5.74, 6) is 0. The molecule has 1 heterocycles. The van der Waals surface area contributed by atoms with Crippen molar-refractivity contribution in [3.05, 3.63) is 12.4 Å². The lowest BCUT2D eigenvalue weighted by Gasteiger charge is -2.44. The monoisotopic (exact) mass is 226 g/mol. The summed E-state index contributed by atoms with van der Waals surface area (Å²) in [4.78, 5) is 2.40. The molecule has 3 heteroatoms. The van der Waals surface area contributed by atoms with Crippen molar-refractivity contribution in [3.8, 4) is 0 Å². The van der Waals surface area contributed by atoms with E-state index in [2.05, 4.69) is 69.6 Å². The van der Waals surface area contributed by atoms with Crippen LogP contribution >= 0.6 is 0 Å². The van der Waals surface area contributed by atoms with Gasteiger partial charge in [0, 0.05) is 18.4 Å². The lowest BCUT2D eigenvalue weighted by Crippen LogP contribution is -2.53. The first-order valence-electron chi connectivity index (χ1n) is 5.87. The Morgan fingerprint density at radius 3 is 2.00 bits per heavy atom. The highest BCUT2D eigenvalue weighted by molar-refractivity contribution is 6.77. The van der Waals surface area contributed by atoms with Crippen LogP contribution in [0.1, 0.15) is 34.6 Å². The molecule has 0 amide bonds. The van der Waals surface area contributed by atoms with Crippen LogP contribution in [0.25, 0.3) is 0 Å². The van der Waals surface area contributed by atoms with Crippen molar-refractivity contribution in [1.82, 2.24) is 9.47 Å². The van der Waals surface area contributed by atoms with Gasteiger partial charge in [-0.15, -0.1) is 0 Å². The molecule has 1 aliphatic rings. The van der Waals surface area contributed by atoms with Gasteiger partial charge >= 0.3 is 0 Å². The van der Waals surface area contributed by atoms with Crippen LogP contribution in [0.2, 0.25) is 18.1 Å². The summed E-state index contributed by atoms with van der Waals surface area (Å²) in [5, 5.41) is 0.421. The Kier molecular flexibility index (Phi) is 3.24. The minimum atomic E-state index is -1.35. The third kappa shape index (κ3) is 2.38. The molecule has 0 unspecified atom stereocenters. The van der Waals surface area contributed by atoms with Gasteiger partial charge in [0.05, 0.1) is 6.67 Å². The SMILES string of the molecule is CC(C)N1C=CN([Si](C)(C)C(C)(C)C)C1. The van der Waals surface area contributed by atoms with Gasteiger partial charge in [0.15, 0.2) is 8.24 Å². The van der Waals surface area contributed by atoms with Crippen molar-refractivity contribution in [3.63, 3.8) is 0 Å². The summed E-state index contributed by atoms with van der Waals surface area (Å²) >= 11 is 0. The van der Waals surface area contributed by atoms with E-state index in [1.807, 2.05) is 0 Å². The molecule has 0 aromatic rings. The fourth-order valence-corrected chi connectivity index (χ4v) is 3.38. The van der Waals surface area contributed by atoms with Crippen LogP contribution in [0.15, 0.2) is 12.4 Å². The highest BCUT2D eigenvalue weighted by atomic mass is 28.3. The lowest BCUT2D eigenvalue weighted by atomic mass is 10.2. The van der Waals surface area contributed by atoms with Gasteiger partial charge < -0.3 is 9.47 Å². The van der Waals surface area contributed by atoms with Gasteiger partial charge in [0.2, 0.25) is 0 Å². The maximum atomic E-state index is 2.58. The fourth-order valence-electron chi connectivity index (χ4n) is 1.57. The van der Waals surface area contributed by atoms with E-state index in [4.69, 9.17) is 0 Å². The number of rotatable bonds is 2. The van der Waals surface area contributed by atoms with Crippen molar-refractivity contribution in [2.75, 3.05) is 6.67 Å². The molecular weight excluding hydrogens is 200 g/mol. The molecule has 0 spiro atoms. The van der Waals surface area contributed by atoms with Gasteiger partial charge in [0.25, 0.3) is 0 Å². The Morgan fingerprint density at radius 2 is 1.67 bits per heavy atom. The second kappa shape index (κ2) is 3.85. The van der Waals surface area contributed by atoms with Crippen LogP contribution in [0, 0.1) is 0 Å². The molecule has 0 bridgehead atoms. The van der Waals surface area contributed by atoms with Crippen molar-refractivity contribution in [2.45, 2.75) is 58.8 Å². The third-order valence-electron chi connectivity index (χ3n) is 3.97. The quantitative estimate of drug-likeness (QED) is 0.666. The van der Waals surface area contributed by atoms with Gasteiger partial charge in [-0.3, -0.25) is 0 Å². The van der Waals surface area contributed by atoms with Crippen LogP contribution in [-0.2, 0) is 0 Å². The van der Waals surface area contributed by atoms with Gasteiger partial charge in [-0.05, 0) is 18.9 Å². The molecule has 0 radical (unpaired) electrons. The van der Waals surface area contributed by atoms with Crippen molar-refractivity contribution < 1.29 is 0 Å². The first-order chi connectivity index (χ1) is 6.66. The Balaban J connectivity index is 2.74. The molecule has 1 rings (SSSR count). The molecule has 88 valence electrons. The van der Waals surface area contributed by atoms with E-state index in [1.165, 1.54) is 0 Å². The Labute approximate surface area is 96.0 Å². The maximum Gasteiger partial charge on any atom is 0.157 e. The molecule has 2 nitrogen and oxygen atoms in total. The molecular formula is C12H26N2Si. The van der Waals surface area contributed by atoms with Crippen LogP contribution in [-0.4, -0.2) is 30.4 Å². The largest absolute Gasteiger partial charge is 0.385 e. The molecule has 0 saturated heterocycles. The van der Waals surface area contributed by atoms with Gasteiger partial charge in [-0.1, -0.05) is 33.9 Å². The zero-order valence-corrected chi connectivity index (χ0v) is 12.3.